The summed E-state index contributed by atoms with van der Waals surface area (Å²) in [7, 11) is 1.46. The predicted molar refractivity (Wildman–Crippen MR) is 86.0 cm³/mol. The Labute approximate surface area is 136 Å². The van der Waals surface area contributed by atoms with Crippen molar-refractivity contribution in [2.45, 2.75) is 0 Å². The molecule has 2 aromatic rings. The van der Waals surface area contributed by atoms with Crippen LogP contribution in [0.2, 0.25) is 0 Å². The van der Waals surface area contributed by atoms with Crippen LogP contribution >= 0.6 is 15.9 Å². The number of amides is 1. The highest BCUT2D eigenvalue weighted by Crippen LogP contribution is 2.18. The van der Waals surface area contributed by atoms with Gasteiger partial charge in [-0.25, -0.2) is 4.79 Å². The first-order chi connectivity index (χ1) is 10.6. The third-order valence-electron chi connectivity index (χ3n) is 2.79. The number of halogens is 1. The van der Waals surface area contributed by atoms with Gasteiger partial charge < -0.3 is 14.8 Å². The second-order valence-corrected chi connectivity index (χ2v) is 5.25. The van der Waals surface area contributed by atoms with Crippen molar-refractivity contribution in [2.24, 2.45) is 0 Å². The molecule has 0 aromatic heterocycles. The van der Waals surface area contributed by atoms with Crippen molar-refractivity contribution in [2.75, 3.05) is 19.0 Å². The first-order valence-corrected chi connectivity index (χ1v) is 7.25. The van der Waals surface area contributed by atoms with Crippen LogP contribution in [0.15, 0.2) is 53.0 Å². The molecule has 2 aromatic carbocycles. The molecule has 0 saturated heterocycles. The highest BCUT2D eigenvalue weighted by atomic mass is 79.9. The Kier molecular flexibility index (Phi) is 5.55. The average molecular weight is 364 g/mol. The number of carbonyl (C=O) groups is 2. The second-order valence-electron chi connectivity index (χ2n) is 4.33. The van der Waals surface area contributed by atoms with Crippen molar-refractivity contribution in [1.82, 2.24) is 0 Å². The van der Waals surface area contributed by atoms with Gasteiger partial charge in [0.1, 0.15) is 11.3 Å². The quantitative estimate of drug-likeness (QED) is 0.828. The van der Waals surface area contributed by atoms with Crippen LogP contribution < -0.4 is 10.1 Å². The van der Waals surface area contributed by atoms with Crippen LogP contribution in [-0.2, 0) is 9.53 Å². The second kappa shape index (κ2) is 7.61. The minimum absolute atomic E-state index is 0.279. The van der Waals surface area contributed by atoms with Gasteiger partial charge in [-0.2, -0.15) is 0 Å². The molecule has 1 N–H and O–H groups in total. The Morgan fingerprint density at radius 3 is 2.45 bits per heavy atom. The van der Waals surface area contributed by atoms with Gasteiger partial charge in [-0.1, -0.05) is 28.1 Å². The van der Waals surface area contributed by atoms with Crippen molar-refractivity contribution in [3.8, 4) is 5.75 Å². The maximum atomic E-state index is 11.9. The van der Waals surface area contributed by atoms with Gasteiger partial charge >= 0.3 is 5.97 Å². The Morgan fingerprint density at radius 2 is 1.77 bits per heavy atom. The number of anilines is 1. The lowest BCUT2D eigenvalue weighted by Crippen LogP contribution is -2.21. The minimum atomic E-state index is -0.608. The molecule has 0 radical (unpaired) electrons. The predicted octanol–water partition coefficient (Wildman–Crippen LogP) is 3.25. The molecule has 0 heterocycles. The zero-order valence-corrected chi connectivity index (χ0v) is 13.4. The first-order valence-electron chi connectivity index (χ1n) is 6.45. The van der Waals surface area contributed by atoms with Gasteiger partial charge in [-0.05, 0) is 36.4 Å². The van der Waals surface area contributed by atoms with Crippen LogP contribution in [0.25, 0.3) is 0 Å². The SMILES string of the molecule is COc1ccccc1C(=O)OCC(=O)Nc1ccc(Br)cc1. The number of methoxy groups -OCH3 is 1. The summed E-state index contributed by atoms with van der Waals surface area (Å²) in [6.07, 6.45) is 0. The summed E-state index contributed by atoms with van der Waals surface area (Å²) < 4.78 is 11.0. The summed E-state index contributed by atoms with van der Waals surface area (Å²) >= 11 is 3.31. The van der Waals surface area contributed by atoms with Crippen LogP contribution in [0.1, 0.15) is 10.4 Å². The summed E-state index contributed by atoms with van der Waals surface area (Å²) in [5.41, 5.74) is 0.906. The maximum absolute atomic E-state index is 11.9. The monoisotopic (exact) mass is 363 g/mol. The van der Waals surface area contributed by atoms with Crippen molar-refractivity contribution >= 4 is 33.5 Å². The summed E-state index contributed by atoms with van der Waals surface area (Å²) in [5, 5.41) is 2.64. The van der Waals surface area contributed by atoms with E-state index >= 15 is 0 Å². The molecular weight excluding hydrogens is 350 g/mol. The highest BCUT2D eigenvalue weighted by molar-refractivity contribution is 9.10. The van der Waals surface area contributed by atoms with Crippen LogP contribution in [0.4, 0.5) is 5.69 Å². The Morgan fingerprint density at radius 1 is 1.09 bits per heavy atom. The normalized spacial score (nSPS) is 9.91. The van der Waals surface area contributed by atoms with E-state index in [-0.39, 0.29) is 12.2 Å². The number of hydrogen-bond donors (Lipinski definition) is 1. The molecule has 0 atom stereocenters. The summed E-state index contributed by atoms with van der Waals surface area (Å²) in [6, 6.07) is 13.8. The number of para-hydroxylation sites is 1. The van der Waals surface area contributed by atoms with Gasteiger partial charge in [0.2, 0.25) is 0 Å². The van der Waals surface area contributed by atoms with Crippen LogP contribution in [0.5, 0.6) is 5.75 Å². The summed E-state index contributed by atoms with van der Waals surface area (Å²) in [5.74, 6) is -0.616. The molecular formula is C16H14BrNO4. The molecule has 0 spiro atoms. The molecule has 22 heavy (non-hydrogen) atoms. The molecule has 0 saturated carbocycles. The summed E-state index contributed by atoms with van der Waals surface area (Å²) in [4.78, 5) is 23.7. The van der Waals surface area contributed by atoms with Crippen LogP contribution in [0, 0.1) is 0 Å². The zero-order valence-electron chi connectivity index (χ0n) is 11.8. The number of carbonyl (C=O) groups excluding carboxylic acids is 2. The number of rotatable bonds is 5. The largest absolute Gasteiger partial charge is 0.496 e. The number of benzene rings is 2. The first kappa shape index (κ1) is 16.0. The lowest BCUT2D eigenvalue weighted by Gasteiger charge is -2.09. The third kappa shape index (κ3) is 4.33. The van der Waals surface area contributed by atoms with Crippen molar-refractivity contribution in [3.05, 3.63) is 58.6 Å². The van der Waals surface area contributed by atoms with E-state index in [0.717, 1.165) is 4.47 Å². The number of nitrogens with one attached hydrogen (secondary N) is 1. The van der Waals surface area contributed by atoms with E-state index in [9.17, 15) is 9.59 Å². The molecule has 0 fully saturated rings. The lowest BCUT2D eigenvalue weighted by atomic mass is 10.2. The molecule has 0 aliphatic heterocycles. The molecule has 0 aliphatic carbocycles. The van der Waals surface area contributed by atoms with Gasteiger partial charge in [-0.3, -0.25) is 4.79 Å². The van der Waals surface area contributed by atoms with Crippen molar-refractivity contribution in [3.63, 3.8) is 0 Å². The maximum Gasteiger partial charge on any atom is 0.342 e. The van der Waals surface area contributed by atoms with E-state index in [1.54, 1.807) is 48.5 Å². The smallest absolute Gasteiger partial charge is 0.342 e. The fourth-order valence-corrected chi connectivity index (χ4v) is 2.02. The van der Waals surface area contributed by atoms with E-state index in [1.165, 1.54) is 7.11 Å². The standard InChI is InChI=1S/C16H14BrNO4/c1-21-14-5-3-2-4-13(14)16(20)22-10-15(19)18-12-8-6-11(17)7-9-12/h2-9H,10H2,1H3,(H,18,19). The van der Waals surface area contributed by atoms with Gasteiger partial charge in [0.05, 0.1) is 7.11 Å². The fraction of sp³-hybridized carbons (Fsp3) is 0.125. The molecule has 2 rings (SSSR count). The van der Waals surface area contributed by atoms with E-state index in [0.29, 0.717) is 11.4 Å². The van der Waals surface area contributed by atoms with Crippen LogP contribution in [0.3, 0.4) is 0 Å². The number of ether oxygens (including phenoxy) is 2. The number of hydrogen-bond acceptors (Lipinski definition) is 4. The average Bonchev–Trinajstić information content (AvgIpc) is 2.54. The molecule has 0 bridgehead atoms. The molecule has 5 nitrogen and oxygen atoms in total. The van der Waals surface area contributed by atoms with Gasteiger partial charge in [0, 0.05) is 10.2 Å². The van der Waals surface area contributed by atoms with Crippen LogP contribution in [-0.4, -0.2) is 25.6 Å². The van der Waals surface area contributed by atoms with E-state index in [2.05, 4.69) is 21.2 Å². The molecule has 0 aliphatic rings. The third-order valence-corrected chi connectivity index (χ3v) is 3.32. The molecule has 6 heteroatoms. The van der Waals surface area contributed by atoms with Crippen molar-refractivity contribution in [1.29, 1.82) is 0 Å². The van der Waals surface area contributed by atoms with Gasteiger partial charge in [-0.15, -0.1) is 0 Å². The minimum Gasteiger partial charge on any atom is -0.496 e. The molecule has 1 amide bonds. The van der Waals surface area contributed by atoms with Crippen molar-refractivity contribution < 1.29 is 19.1 Å². The van der Waals surface area contributed by atoms with E-state index in [1.807, 2.05) is 0 Å². The Hall–Kier alpha value is -2.34. The highest BCUT2D eigenvalue weighted by Gasteiger charge is 2.14. The molecule has 114 valence electrons. The zero-order chi connectivity index (χ0) is 15.9. The van der Waals surface area contributed by atoms with E-state index in [4.69, 9.17) is 9.47 Å². The fourth-order valence-electron chi connectivity index (χ4n) is 1.75. The summed E-state index contributed by atoms with van der Waals surface area (Å²) in [6.45, 7) is -0.368. The van der Waals surface area contributed by atoms with E-state index < -0.39 is 11.9 Å². The molecule has 0 unspecified atom stereocenters. The Bertz CT molecular complexity index is 670. The Balaban J connectivity index is 1.90. The topological polar surface area (TPSA) is 64.6 Å². The van der Waals surface area contributed by atoms with Gasteiger partial charge in [0.25, 0.3) is 5.91 Å². The number of esters is 1. The van der Waals surface area contributed by atoms with Gasteiger partial charge in [0.15, 0.2) is 6.61 Å². The lowest BCUT2D eigenvalue weighted by molar-refractivity contribution is -0.119.